The van der Waals surface area contributed by atoms with E-state index in [1.54, 1.807) is 0 Å². The zero-order valence-electron chi connectivity index (χ0n) is 19.8. The van der Waals surface area contributed by atoms with Crippen LogP contribution in [0.4, 0.5) is 0 Å². The van der Waals surface area contributed by atoms with Crippen molar-refractivity contribution in [3.63, 3.8) is 0 Å². The second-order valence-corrected chi connectivity index (χ2v) is 8.56. The van der Waals surface area contributed by atoms with Gasteiger partial charge in [-0.2, -0.15) is 0 Å². The largest absolute Gasteiger partial charge is 0.481 e. The van der Waals surface area contributed by atoms with Crippen LogP contribution in [-0.2, 0) is 14.3 Å². The number of rotatable bonds is 22. The SMILES string of the molecule is C/C=C/CCCCCCCCCCCCCCCCC(CC(=O)OCCC)C(=O)O. The first-order valence-electron chi connectivity index (χ1n) is 12.6. The number of esters is 1. The van der Waals surface area contributed by atoms with Gasteiger partial charge in [-0.15, -0.1) is 0 Å². The number of carbonyl (C=O) groups is 2. The summed E-state index contributed by atoms with van der Waals surface area (Å²) in [6.45, 7) is 4.40. The summed E-state index contributed by atoms with van der Waals surface area (Å²) in [5.41, 5.74) is 0. The maximum Gasteiger partial charge on any atom is 0.307 e. The van der Waals surface area contributed by atoms with Crippen molar-refractivity contribution in [2.45, 2.75) is 129 Å². The molecule has 0 aliphatic rings. The van der Waals surface area contributed by atoms with Gasteiger partial charge in [0.1, 0.15) is 0 Å². The van der Waals surface area contributed by atoms with Crippen LogP contribution in [0, 0.1) is 5.92 Å². The highest BCUT2D eigenvalue weighted by molar-refractivity contribution is 5.78. The van der Waals surface area contributed by atoms with E-state index < -0.39 is 11.9 Å². The van der Waals surface area contributed by atoms with Crippen molar-refractivity contribution in [3.8, 4) is 0 Å². The average molecular weight is 425 g/mol. The number of hydrogen-bond acceptors (Lipinski definition) is 3. The maximum atomic E-state index is 11.6. The minimum absolute atomic E-state index is 0.00549. The van der Waals surface area contributed by atoms with E-state index in [2.05, 4.69) is 19.1 Å². The smallest absolute Gasteiger partial charge is 0.307 e. The first-order valence-corrected chi connectivity index (χ1v) is 12.6. The Bertz CT molecular complexity index is 431. The fourth-order valence-electron chi connectivity index (χ4n) is 3.73. The van der Waals surface area contributed by atoms with Crippen molar-refractivity contribution < 1.29 is 19.4 Å². The summed E-state index contributed by atoms with van der Waals surface area (Å²) in [5, 5.41) is 9.27. The molecule has 4 heteroatoms. The van der Waals surface area contributed by atoms with E-state index in [1.165, 1.54) is 83.5 Å². The van der Waals surface area contributed by atoms with Gasteiger partial charge >= 0.3 is 11.9 Å². The number of allylic oxidation sites excluding steroid dienone is 2. The Balaban J connectivity index is 3.41. The van der Waals surface area contributed by atoms with E-state index in [4.69, 9.17) is 4.74 Å². The highest BCUT2D eigenvalue weighted by Gasteiger charge is 2.21. The molecule has 1 unspecified atom stereocenters. The van der Waals surface area contributed by atoms with E-state index in [1.807, 2.05) is 6.92 Å². The third-order valence-corrected chi connectivity index (χ3v) is 5.64. The molecule has 1 atom stereocenters. The van der Waals surface area contributed by atoms with Gasteiger partial charge < -0.3 is 9.84 Å². The summed E-state index contributed by atoms with van der Waals surface area (Å²) in [7, 11) is 0. The molecule has 0 spiro atoms. The van der Waals surface area contributed by atoms with Crippen LogP contribution in [0.25, 0.3) is 0 Å². The molecule has 0 aliphatic heterocycles. The Labute approximate surface area is 185 Å². The number of carboxylic acids is 1. The molecule has 0 aromatic carbocycles. The lowest BCUT2D eigenvalue weighted by Crippen LogP contribution is -2.19. The van der Waals surface area contributed by atoms with Gasteiger partial charge in [0.05, 0.1) is 18.9 Å². The van der Waals surface area contributed by atoms with Gasteiger partial charge in [0, 0.05) is 0 Å². The van der Waals surface area contributed by atoms with Crippen molar-refractivity contribution in [3.05, 3.63) is 12.2 Å². The minimum Gasteiger partial charge on any atom is -0.481 e. The summed E-state index contributed by atoms with van der Waals surface area (Å²) in [6.07, 6.45) is 24.9. The lowest BCUT2D eigenvalue weighted by atomic mass is 9.97. The molecule has 0 heterocycles. The molecule has 0 amide bonds. The fourth-order valence-corrected chi connectivity index (χ4v) is 3.73. The zero-order valence-corrected chi connectivity index (χ0v) is 19.8. The monoisotopic (exact) mass is 424 g/mol. The molecule has 0 saturated heterocycles. The lowest BCUT2D eigenvalue weighted by Gasteiger charge is -2.11. The molecule has 176 valence electrons. The number of carboxylic acid groups (broad SMARTS) is 1. The van der Waals surface area contributed by atoms with Crippen molar-refractivity contribution in [2.75, 3.05) is 6.61 Å². The Kier molecular flexibility index (Phi) is 21.4. The number of unbranched alkanes of at least 4 members (excludes halogenated alkanes) is 14. The normalized spacial score (nSPS) is 12.3. The number of ether oxygens (including phenoxy) is 1. The van der Waals surface area contributed by atoms with E-state index in [-0.39, 0.29) is 12.4 Å². The van der Waals surface area contributed by atoms with Crippen LogP contribution in [0.1, 0.15) is 129 Å². The Morgan fingerprint density at radius 1 is 0.800 bits per heavy atom. The van der Waals surface area contributed by atoms with Crippen molar-refractivity contribution in [2.24, 2.45) is 5.92 Å². The Hall–Kier alpha value is -1.32. The first kappa shape index (κ1) is 28.7. The summed E-state index contributed by atoms with van der Waals surface area (Å²) in [5.74, 6) is -1.85. The molecule has 0 saturated carbocycles. The Morgan fingerprint density at radius 3 is 1.70 bits per heavy atom. The van der Waals surface area contributed by atoms with Gasteiger partial charge in [-0.25, -0.2) is 0 Å². The summed E-state index contributed by atoms with van der Waals surface area (Å²) >= 11 is 0. The van der Waals surface area contributed by atoms with Gasteiger partial charge in [0.25, 0.3) is 0 Å². The fraction of sp³-hybridized carbons (Fsp3) is 0.846. The molecule has 0 fully saturated rings. The molecule has 0 aliphatic carbocycles. The zero-order chi connectivity index (χ0) is 22.3. The first-order chi connectivity index (χ1) is 14.6. The third kappa shape index (κ3) is 20.0. The third-order valence-electron chi connectivity index (χ3n) is 5.64. The van der Waals surface area contributed by atoms with Gasteiger partial charge in [-0.1, -0.05) is 103 Å². The molecule has 0 aromatic heterocycles. The standard InChI is InChI=1S/C26H48O4/c1-3-5-6-7-8-9-10-11-12-13-14-15-16-17-18-19-20-21-24(26(28)29)23-25(27)30-22-4-2/h3,5,24H,4,6-23H2,1-2H3,(H,28,29)/b5-3+. The molecule has 0 aromatic rings. The van der Waals surface area contributed by atoms with Gasteiger partial charge in [0.15, 0.2) is 0 Å². The number of aliphatic carboxylic acids is 1. The van der Waals surface area contributed by atoms with E-state index in [0.29, 0.717) is 13.0 Å². The van der Waals surface area contributed by atoms with Crippen LogP contribution < -0.4 is 0 Å². The number of hydrogen-bond donors (Lipinski definition) is 1. The molecular weight excluding hydrogens is 376 g/mol. The van der Waals surface area contributed by atoms with Crippen LogP contribution in [0.3, 0.4) is 0 Å². The molecule has 4 nitrogen and oxygen atoms in total. The average Bonchev–Trinajstić information content (AvgIpc) is 2.73. The lowest BCUT2D eigenvalue weighted by molar-refractivity contribution is -0.151. The molecule has 0 rings (SSSR count). The van der Waals surface area contributed by atoms with Crippen LogP contribution in [0.15, 0.2) is 12.2 Å². The molecule has 0 bridgehead atoms. The molecule has 1 N–H and O–H groups in total. The van der Waals surface area contributed by atoms with Crippen LogP contribution >= 0.6 is 0 Å². The van der Waals surface area contributed by atoms with Crippen LogP contribution in [0.5, 0.6) is 0 Å². The maximum absolute atomic E-state index is 11.6. The highest BCUT2D eigenvalue weighted by Crippen LogP contribution is 2.17. The van der Waals surface area contributed by atoms with Gasteiger partial charge in [0.2, 0.25) is 0 Å². The van der Waals surface area contributed by atoms with E-state index >= 15 is 0 Å². The second-order valence-electron chi connectivity index (χ2n) is 8.56. The molecule has 30 heavy (non-hydrogen) atoms. The van der Waals surface area contributed by atoms with Gasteiger partial charge in [-0.05, 0) is 32.6 Å². The predicted octanol–water partition coefficient (Wildman–Crippen LogP) is 7.85. The van der Waals surface area contributed by atoms with Crippen molar-refractivity contribution in [1.82, 2.24) is 0 Å². The summed E-state index contributed by atoms with van der Waals surface area (Å²) in [6, 6.07) is 0. The van der Waals surface area contributed by atoms with Crippen LogP contribution in [-0.4, -0.2) is 23.7 Å². The van der Waals surface area contributed by atoms with Crippen molar-refractivity contribution in [1.29, 1.82) is 0 Å². The highest BCUT2D eigenvalue weighted by atomic mass is 16.5. The summed E-state index contributed by atoms with van der Waals surface area (Å²) in [4.78, 5) is 22.9. The van der Waals surface area contributed by atoms with E-state index in [9.17, 15) is 14.7 Å². The second kappa shape index (κ2) is 22.4. The number of carbonyl (C=O) groups excluding carboxylic acids is 1. The van der Waals surface area contributed by atoms with Gasteiger partial charge in [-0.3, -0.25) is 9.59 Å². The van der Waals surface area contributed by atoms with Crippen LogP contribution in [0.2, 0.25) is 0 Å². The van der Waals surface area contributed by atoms with E-state index in [0.717, 1.165) is 19.3 Å². The quantitative estimate of drug-likeness (QED) is 0.109. The predicted molar refractivity (Wildman–Crippen MR) is 126 cm³/mol. The summed E-state index contributed by atoms with van der Waals surface area (Å²) < 4.78 is 5.00. The minimum atomic E-state index is -0.878. The molecule has 0 radical (unpaired) electrons. The topological polar surface area (TPSA) is 63.6 Å². The Morgan fingerprint density at radius 2 is 1.27 bits per heavy atom. The molecular formula is C26H48O4. The van der Waals surface area contributed by atoms with Crippen molar-refractivity contribution >= 4 is 11.9 Å².